The second kappa shape index (κ2) is 8.83. The molecule has 3 aromatic carbocycles. The summed E-state index contributed by atoms with van der Waals surface area (Å²) in [6.45, 7) is 0.912. The maximum absolute atomic E-state index is 12.7. The molecule has 0 spiro atoms. The topological polar surface area (TPSA) is 47.6 Å². The standard InChI is InChI=1S/C22H21NO3/c1-25-15-18-10-7-11-19(14-18)23-22(24)20-12-5-6-13-21(20)26-16-17-8-3-2-4-9-17/h2-14H,15-16H2,1H3,(H,23,24). The van der Waals surface area contributed by atoms with Crippen LogP contribution in [0.5, 0.6) is 5.75 Å². The maximum Gasteiger partial charge on any atom is 0.259 e. The molecular weight excluding hydrogens is 326 g/mol. The second-order valence-corrected chi connectivity index (χ2v) is 5.86. The highest BCUT2D eigenvalue weighted by Gasteiger charge is 2.12. The SMILES string of the molecule is COCc1cccc(NC(=O)c2ccccc2OCc2ccccc2)c1. The zero-order chi connectivity index (χ0) is 18.2. The number of ether oxygens (including phenoxy) is 2. The second-order valence-electron chi connectivity index (χ2n) is 5.86. The fourth-order valence-corrected chi connectivity index (χ4v) is 2.62. The Kier molecular flexibility index (Phi) is 6.01. The van der Waals surface area contributed by atoms with Crippen LogP contribution in [0.2, 0.25) is 0 Å². The van der Waals surface area contributed by atoms with E-state index in [0.717, 1.165) is 16.8 Å². The van der Waals surface area contributed by atoms with Crippen molar-refractivity contribution in [3.05, 3.63) is 95.6 Å². The van der Waals surface area contributed by atoms with E-state index in [2.05, 4.69) is 5.32 Å². The van der Waals surface area contributed by atoms with Gasteiger partial charge in [-0.05, 0) is 35.4 Å². The molecule has 0 saturated heterocycles. The lowest BCUT2D eigenvalue weighted by molar-refractivity contribution is 0.102. The van der Waals surface area contributed by atoms with Crippen molar-refractivity contribution >= 4 is 11.6 Å². The Bertz CT molecular complexity index is 862. The molecule has 0 unspecified atom stereocenters. The van der Waals surface area contributed by atoms with E-state index in [4.69, 9.17) is 9.47 Å². The van der Waals surface area contributed by atoms with Crippen molar-refractivity contribution in [3.8, 4) is 5.75 Å². The Hall–Kier alpha value is -3.11. The van der Waals surface area contributed by atoms with Gasteiger partial charge in [-0.15, -0.1) is 0 Å². The smallest absolute Gasteiger partial charge is 0.259 e. The van der Waals surface area contributed by atoms with Gasteiger partial charge in [-0.3, -0.25) is 4.79 Å². The predicted octanol–water partition coefficient (Wildman–Crippen LogP) is 4.66. The predicted molar refractivity (Wildman–Crippen MR) is 102 cm³/mol. The molecule has 0 aliphatic rings. The maximum atomic E-state index is 12.7. The van der Waals surface area contributed by atoms with Crippen LogP contribution in [0.25, 0.3) is 0 Å². The molecule has 0 aromatic heterocycles. The number of nitrogens with one attached hydrogen (secondary N) is 1. The van der Waals surface area contributed by atoms with Gasteiger partial charge in [-0.1, -0.05) is 54.6 Å². The van der Waals surface area contributed by atoms with Crippen LogP contribution in [0.3, 0.4) is 0 Å². The molecule has 3 aromatic rings. The Morgan fingerprint density at radius 2 is 1.58 bits per heavy atom. The van der Waals surface area contributed by atoms with Gasteiger partial charge in [0.25, 0.3) is 5.91 Å². The van der Waals surface area contributed by atoms with E-state index in [1.165, 1.54) is 0 Å². The number of rotatable bonds is 7. The molecule has 3 rings (SSSR count). The number of para-hydroxylation sites is 1. The van der Waals surface area contributed by atoms with Crippen molar-refractivity contribution in [3.63, 3.8) is 0 Å². The van der Waals surface area contributed by atoms with Gasteiger partial charge >= 0.3 is 0 Å². The van der Waals surface area contributed by atoms with Crippen molar-refractivity contribution in [2.75, 3.05) is 12.4 Å². The van der Waals surface area contributed by atoms with E-state index in [-0.39, 0.29) is 5.91 Å². The minimum Gasteiger partial charge on any atom is -0.488 e. The van der Waals surface area contributed by atoms with Crippen molar-refractivity contribution < 1.29 is 14.3 Å². The molecule has 4 heteroatoms. The fraction of sp³-hybridized carbons (Fsp3) is 0.136. The third-order valence-corrected chi connectivity index (χ3v) is 3.86. The van der Waals surface area contributed by atoms with Crippen molar-refractivity contribution in [2.24, 2.45) is 0 Å². The molecule has 0 atom stereocenters. The molecule has 1 N–H and O–H groups in total. The fourth-order valence-electron chi connectivity index (χ4n) is 2.62. The van der Waals surface area contributed by atoms with Crippen LogP contribution in [0, 0.1) is 0 Å². The van der Waals surface area contributed by atoms with Crippen molar-refractivity contribution in [1.29, 1.82) is 0 Å². The third kappa shape index (κ3) is 4.71. The van der Waals surface area contributed by atoms with E-state index in [0.29, 0.717) is 24.5 Å². The van der Waals surface area contributed by atoms with Gasteiger partial charge in [0.05, 0.1) is 12.2 Å². The number of amides is 1. The van der Waals surface area contributed by atoms with Crippen LogP contribution in [0.4, 0.5) is 5.69 Å². The van der Waals surface area contributed by atoms with Crippen molar-refractivity contribution in [1.82, 2.24) is 0 Å². The van der Waals surface area contributed by atoms with Crippen LogP contribution in [0.15, 0.2) is 78.9 Å². The van der Waals surface area contributed by atoms with Gasteiger partial charge in [0.15, 0.2) is 0 Å². The Balaban J connectivity index is 1.72. The molecule has 132 valence electrons. The minimum atomic E-state index is -0.205. The number of hydrogen-bond donors (Lipinski definition) is 1. The van der Waals surface area contributed by atoms with Crippen LogP contribution in [0.1, 0.15) is 21.5 Å². The summed E-state index contributed by atoms with van der Waals surface area (Å²) in [6, 6.07) is 24.7. The van der Waals surface area contributed by atoms with Gasteiger partial charge in [0, 0.05) is 12.8 Å². The lowest BCUT2D eigenvalue weighted by Gasteiger charge is -2.12. The number of carbonyl (C=O) groups excluding carboxylic acids is 1. The van der Waals surface area contributed by atoms with Gasteiger partial charge in [-0.25, -0.2) is 0 Å². The number of benzene rings is 3. The number of methoxy groups -OCH3 is 1. The molecule has 0 saturated carbocycles. The highest BCUT2D eigenvalue weighted by Crippen LogP contribution is 2.21. The number of carbonyl (C=O) groups is 1. The highest BCUT2D eigenvalue weighted by molar-refractivity contribution is 6.06. The van der Waals surface area contributed by atoms with Crippen LogP contribution in [-0.4, -0.2) is 13.0 Å². The zero-order valence-corrected chi connectivity index (χ0v) is 14.6. The number of hydrogen-bond acceptors (Lipinski definition) is 3. The largest absolute Gasteiger partial charge is 0.488 e. The lowest BCUT2D eigenvalue weighted by atomic mass is 10.1. The monoisotopic (exact) mass is 347 g/mol. The average Bonchev–Trinajstić information content (AvgIpc) is 2.68. The molecule has 0 fully saturated rings. The summed E-state index contributed by atoms with van der Waals surface area (Å²) in [5, 5.41) is 2.92. The summed E-state index contributed by atoms with van der Waals surface area (Å²) in [6.07, 6.45) is 0. The molecule has 1 amide bonds. The molecule has 26 heavy (non-hydrogen) atoms. The lowest BCUT2D eigenvalue weighted by Crippen LogP contribution is -2.13. The van der Waals surface area contributed by atoms with Gasteiger partial charge in [0.2, 0.25) is 0 Å². The molecule has 0 bridgehead atoms. The molecule has 0 radical (unpaired) electrons. The first-order chi connectivity index (χ1) is 12.8. The summed E-state index contributed by atoms with van der Waals surface area (Å²) in [5.41, 5.74) is 3.27. The first kappa shape index (κ1) is 17.7. The van der Waals surface area contributed by atoms with E-state index < -0.39 is 0 Å². The van der Waals surface area contributed by atoms with Crippen LogP contribution in [-0.2, 0) is 18.0 Å². The van der Waals surface area contributed by atoms with E-state index in [1.54, 1.807) is 19.2 Å². The summed E-state index contributed by atoms with van der Waals surface area (Å²) in [5.74, 6) is 0.352. The molecule has 0 heterocycles. The summed E-state index contributed by atoms with van der Waals surface area (Å²) < 4.78 is 11.0. The molecule has 4 nitrogen and oxygen atoms in total. The van der Waals surface area contributed by atoms with Gasteiger partial charge in [-0.2, -0.15) is 0 Å². The summed E-state index contributed by atoms with van der Waals surface area (Å²) in [7, 11) is 1.64. The molecule has 0 aliphatic heterocycles. The normalized spacial score (nSPS) is 10.3. The Labute approximate surface area is 153 Å². The minimum absolute atomic E-state index is 0.205. The third-order valence-electron chi connectivity index (χ3n) is 3.86. The van der Waals surface area contributed by atoms with Gasteiger partial charge in [0.1, 0.15) is 12.4 Å². The van der Waals surface area contributed by atoms with Crippen LogP contribution >= 0.6 is 0 Å². The highest BCUT2D eigenvalue weighted by atomic mass is 16.5. The number of anilines is 1. The molecule has 0 aliphatic carbocycles. The first-order valence-corrected chi connectivity index (χ1v) is 8.41. The Morgan fingerprint density at radius 3 is 2.38 bits per heavy atom. The Morgan fingerprint density at radius 1 is 0.846 bits per heavy atom. The molecular formula is C22H21NO3. The van der Waals surface area contributed by atoms with E-state index in [9.17, 15) is 4.79 Å². The van der Waals surface area contributed by atoms with Gasteiger partial charge < -0.3 is 14.8 Å². The van der Waals surface area contributed by atoms with E-state index in [1.807, 2.05) is 66.7 Å². The van der Waals surface area contributed by atoms with E-state index >= 15 is 0 Å². The average molecular weight is 347 g/mol. The summed E-state index contributed by atoms with van der Waals surface area (Å²) >= 11 is 0. The van der Waals surface area contributed by atoms with Crippen molar-refractivity contribution in [2.45, 2.75) is 13.2 Å². The van der Waals surface area contributed by atoms with Crippen LogP contribution < -0.4 is 10.1 Å². The first-order valence-electron chi connectivity index (χ1n) is 8.41. The summed E-state index contributed by atoms with van der Waals surface area (Å²) in [4.78, 5) is 12.7. The zero-order valence-electron chi connectivity index (χ0n) is 14.6. The quantitative estimate of drug-likeness (QED) is 0.676.